The highest BCUT2D eigenvalue weighted by atomic mass is 32.2. The van der Waals surface area contributed by atoms with Gasteiger partial charge in [0.05, 0.1) is 0 Å². The second-order valence-corrected chi connectivity index (χ2v) is 5.57. The zero-order valence-electron chi connectivity index (χ0n) is 10.2. The summed E-state index contributed by atoms with van der Waals surface area (Å²) in [6.07, 6.45) is 7.22. The number of hydrogen-bond acceptors (Lipinski definition) is 3. The summed E-state index contributed by atoms with van der Waals surface area (Å²) in [6, 6.07) is 0. The number of carbonyl (C=O) groups is 1. The Labute approximate surface area is 103 Å². The second kappa shape index (κ2) is 7.96. The molecule has 0 aliphatic carbocycles. The minimum absolute atomic E-state index is 0.361. The van der Waals surface area contributed by atoms with E-state index in [1.54, 1.807) is 0 Å². The Hall–Kier alpha value is -0.220. The van der Waals surface area contributed by atoms with Crippen molar-refractivity contribution < 1.29 is 9.90 Å². The van der Waals surface area contributed by atoms with Crippen LogP contribution in [-0.4, -0.2) is 47.6 Å². The number of carboxylic acids is 1. The Bertz CT molecular complexity index is 203. The van der Waals surface area contributed by atoms with Gasteiger partial charge < -0.3 is 10.0 Å². The summed E-state index contributed by atoms with van der Waals surface area (Å²) in [5.41, 5.74) is 0. The first-order valence-corrected chi connectivity index (χ1v) is 7.55. The first-order chi connectivity index (χ1) is 7.72. The molecule has 1 saturated heterocycles. The fourth-order valence-corrected chi connectivity index (χ4v) is 2.74. The van der Waals surface area contributed by atoms with Gasteiger partial charge in [0, 0.05) is 6.42 Å². The molecule has 1 aliphatic heterocycles. The molecule has 94 valence electrons. The number of hydrogen-bond donors (Lipinski definition) is 1. The third kappa shape index (κ3) is 5.75. The van der Waals surface area contributed by atoms with E-state index in [0.29, 0.717) is 12.3 Å². The van der Waals surface area contributed by atoms with Crippen molar-refractivity contribution in [1.29, 1.82) is 0 Å². The van der Waals surface area contributed by atoms with Gasteiger partial charge in [0.1, 0.15) is 0 Å². The lowest BCUT2D eigenvalue weighted by Gasteiger charge is -2.31. The maximum atomic E-state index is 10.6. The molecule has 1 heterocycles. The molecular weight excluding hydrogens is 222 g/mol. The quantitative estimate of drug-likeness (QED) is 0.699. The summed E-state index contributed by atoms with van der Waals surface area (Å²) in [7, 11) is 0. The van der Waals surface area contributed by atoms with Crippen LogP contribution in [0.5, 0.6) is 0 Å². The van der Waals surface area contributed by atoms with Crippen molar-refractivity contribution >= 4 is 17.7 Å². The number of aliphatic carboxylic acids is 1. The predicted molar refractivity (Wildman–Crippen MR) is 69.0 cm³/mol. The molecule has 1 aliphatic rings. The largest absolute Gasteiger partial charge is 0.481 e. The molecule has 1 N–H and O–H groups in total. The van der Waals surface area contributed by atoms with Crippen molar-refractivity contribution in [3.8, 4) is 0 Å². The van der Waals surface area contributed by atoms with Crippen molar-refractivity contribution in [3.63, 3.8) is 0 Å². The zero-order valence-corrected chi connectivity index (χ0v) is 11.0. The molecule has 0 spiro atoms. The van der Waals surface area contributed by atoms with E-state index < -0.39 is 5.97 Å². The average molecular weight is 245 g/mol. The number of rotatable bonds is 7. The third-order valence-corrected chi connectivity index (χ3v) is 3.94. The minimum atomic E-state index is -0.640. The fraction of sp³-hybridized carbons (Fsp3) is 0.917. The van der Waals surface area contributed by atoms with E-state index in [0.717, 1.165) is 25.9 Å². The van der Waals surface area contributed by atoms with Crippen molar-refractivity contribution in [1.82, 2.24) is 4.90 Å². The summed E-state index contributed by atoms with van der Waals surface area (Å²) in [5.74, 6) is 1.04. The Morgan fingerprint density at radius 1 is 1.38 bits per heavy atom. The van der Waals surface area contributed by atoms with Crippen LogP contribution in [0.3, 0.4) is 0 Å². The van der Waals surface area contributed by atoms with Gasteiger partial charge in [0.2, 0.25) is 0 Å². The molecule has 0 radical (unpaired) electrons. The van der Waals surface area contributed by atoms with Crippen LogP contribution in [0.25, 0.3) is 0 Å². The molecule has 3 nitrogen and oxygen atoms in total. The number of thioether (sulfide) groups is 1. The van der Waals surface area contributed by atoms with Gasteiger partial charge in [-0.25, -0.2) is 0 Å². The van der Waals surface area contributed by atoms with E-state index in [1.807, 2.05) is 11.8 Å². The van der Waals surface area contributed by atoms with Crippen LogP contribution >= 0.6 is 11.8 Å². The molecule has 0 aromatic carbocycles. The molecule has 1 fully saturated rings. The second-order valence-electron chi connectivity index (χ2n) is 4.58. The topological polar surface area (TPSA) is 40.5 Å². The standard InChI is InChI=1S/C12H23NO2S/c1-16-9-3-2-6-13-7-4-11(5-8-13)10-12(14)15/h11H,2-10H2,1H3,(H,14,15). The van der Waals surface area contributed by atoms with Gasteiger partial charge >= 0.3 is 5.97 Å². The molecule has 4 heteroatoms. The summed E-state index contributed by atoms with van der Waals surface area (Å²) in [4.78, 5) is 13.1. The van der Waals surface area contributed by atoms with Gasteiger partial charge in [0.25, 0.3) is 0 Å². The van der Waals surface area contributed by atoms with Crippen LogP contribution in [0, 0.1) is 5.92 Å². The summed E-state index contributed by atoms with van der Waals surface area (Å²) in [5, 5.41) is 8.72. The molecule has 0 aromatic heterocycles. The maximum Gasteiger partial charge on any atom is 0.303 e. The lowest BCUT2D eigenvalue weighted by Crippen LogP contribution is -2.35. The highest BCUT2D eigenvalue weighted by molar-refractivity contribution is 7.98. The van der Waals surface area contributed by atoms with E-state index in [1.165, 1.54) is 25.1 Å². The van der Waals surface area contributed by atoms with Gasteiger partial charge in [-0.2, -0.15) is 11.8 Å². The van der Waals surface area contributed by atoms with Crippen LogP contribution in [-0.2, 0) is 4.79 Å². The normalized spacial score (nSPS) is 18.8. The molecule has 0 aromatic rings. The van der Waals surface area contributed by atoms with Crippen molar-refractivity contribution in [2.75, 3.05) is 31.6 Å². The number of nitrogens with zero attached hydrogens (tertiary/aromatic N) is 1. The number of piperidine rings is 1. The Morgan fingerprint density at radius 3 is 2.62 bits per heavy atom. The van der Waals surface area contributed by atoms with E-state index in [2.05, 4.69) is 11.2 Å². The van der Waals surface area contributed by atoms with Gasteiger partial charge in [-0.15, -0.1) is 0 Å². The first kappa shape index (κ1) is 13.8. The first-order valence-electron chi connectivity index (χ1n) is 6.15. The summed E-state index contributed by atoms with van der Waals surface area (Å²) < 4.78 is 0. The Kier molecular flexibility index (Phi) is 6.88. The van der Waals surface area contributed by atoms with Gasteiger partial charge in [-0.1, -0.05) is 0 Å². The molecule has 1 rings (SSSR count). The average Bonchev–Trinajstić information content (AvgIpc) is 2.26. The fourth-order valence-electron chi connectivity index (χ4n) is 2.24. The Morgan fingerprint density at radius 2 is 2.06 bits per heavy atom. The molecule has 0 unspecified atom stereocenters. The molecule has 0 bridgehead atoms. The molecule has 0 saturated carbocycles. The van der Waals surface area contributed by atoms with E-state index >= 15 is 0 Å². The van der Waals surface area contributed by atoms with Crippen molar-refractivity contribution in [3.05, 3.63) is 0 Å². The monoisotopic (exact) mass is 245 g/mol. The third-order valence-electron chi connectivity index (χ3n) is 3.24. The number of carboxylic acid groups (broad SMARTS) is 1. The highest BCUT2D eigenvalue weighted by Crippen LogP contribution is 2.20. The molecule has 16 heavy (non-hydrogen) atoms. The molecule has 0 atom stereocenters. The van der Waals surface area contributed by atoms with Crippen molar-refractivity contribution in [2.24, 2.45) is 5.92 Å². The molecule has 0 amide bonds. The predicted octanol–water partition coefficient (Wildman–Crippen LogP) is 2.32. The number of likely N-dealkylation sites (tertiary alicyclic amines) is 1. The van der Waals surface area contributed by atoms with Gasteiger partial charge in [-0.3, -0.25) is 4.79 Å². The van der Waals surface area contributed by atoms with Crippen LogP contribution in [0.4, 0.5) is 0 Å². The van der Waals surface area contributed by atoms with E-state index in [9.17, 15) is 4.79 Å². The smallest absolute Gasteiger partial charge is 0.303 e. The van der Waals surface area contributed by atoms with Crippen LogP contribution in [0.2, 0.25) is 0 Å². The lowest BCUT2D eigenvalue weighted by atomic mass is 9.93. The number of unbranched alkanes of at least 4 members (excludes halogenated alkanes) is 1. The Balaban J connectivity index is 2.05. The maximum absolute atomic E-state index is 10.6. The van der Waals surface area contributed by atoms with E-state index in [-0.39, 0.29) is 0 Å². The van der Waals surface area contributed by atoms with Crippen LogP contribution in [0.15, 0.2) is 0 Å². The van der Waals surface area contributed by atoms with Crippen molar-refractivity contribution in [2.45, 2.75) is 32.1 Å². The summed E-state index contributed by atoms with van der Waals surface area (Å²) in [6.45, 7) is 3.38. The van der Waals surface area contributed by atoms with Gasteiger partial charge in [-0.05, 0) is 63.2 Å². The SMILES string of the molecule is CSCCCCN1CCC(CC(=O)O)CC1. The highest BCUT2D eigenvalue weighted by Gasteiger charge is 2.20. The summed E-state index contributed by atoms with van der Waals surface area (Å²) >= 11 is 1.91. The van der Waals surface area contributed by atoms with Crippen LogP contribution in [0.1, 0.15) is 32.1 Å². The van der Waals surface area contributed by atoms with Gasteiger partial charge in [0.15, 0.2) is 0 Å². The molecular formula is C12H23NO2S. The van der Waals surface area contributed by atoms with Crippen LogP contribution < -0.4 is 0 Å². The minimum Gasteiger partial charge on any atom is -0.481 e. The van der Waals surface area contributed by atoms with E-state index in [4.69, 9.17) is 5.11 Å². The zero-order chi connectivity index (χ0) is 11.8. The lowest BCUT2D eigenvalue weighted by molar-refractivity contribution is -0.138.